The first kappa shape index (κ1) is 12.8. The highest BCUT2D eigenvalue weighted by Crippen LogP contribution is 2.23. The molecule has 4 heteroatoms. The van der Waals surface area contributed by atoms with Crippen LogP contribution in [0.2, 0.25) is 0 Å². The molecular weight excluding hydrogens is 253 g/mol. The highest BCUT2D eigenvalue weighted by molar-refractivity contribution is 5.65. The van der Waals surface area contributed by atoms with E-state index in [4.69, 9.17) is 4.98 Å². The second kappa shape index (κ2) is 5.43. The van der Waals surface area contributed by atoms with E-state index in [1.807, 2.05) is 28.8 Å². The summed E-state index contributed by atoms with van der Waals surface area (Å²) in [7, 11) is 0. The fourth-order valence-electron chi connectivity index (χ4n) is 2.28. The highest BCUT2D eigenvalue weighted by Gasteiger charge is 2.11. The van der Waals surface area contributed by atoms with Gasteiger partial charge in [-0.2, -0.15) is 0 Å². The Kier molecular flexibility index (Phi) is 3.48. The van der Waals surface area contributed by atoms with Gasteiger partial charge in [-0.3, -0.25) is 4.40 Å². The van der Waals surface area contributed by atoms with Crippen LogP contribution in [0.25, 0.3) is 16.9 Å². The average Bonchev–Trinajstić information content (AvgIpc) is 2.85. The molecule has 0 bridgehead atoms. The third-order valence-corrected chi connectivity index (χ3v) is 3.27. The number of aromatic nitrogens is 2. The SMILES string of the molecule is CCNCc1nc(-c2ccc(F)cc2)n2ccccc12. The predicted molar refractivity (Wildman–Crippen MR) is 78.0 cm³/mol. The van der Waals surface area contributed by atoms with E-state index < -0.39 is 0 Å². The van der Waals surface area contributed by atoms with Crippen LogP contribution in [-0.4, -0.2) is 15.9 Å². The number of nitrogens with one attached hydrogen (secondary N) is 1. The lowest BCUT2D eigenvalue weighted by Crippen LogP contribution is -2.12. The molecule has 0 aliphatic heterocycles. The molecule has 0 atom stereocenters. The normalized spacial score (nSPS) is 11.1. The molecule has 0 aliphatic carbocycles. The molecule has 0 fully saturated rings. The molecule has 1 aromatic carbocycles. The van der Waals surface area contributed by atoms with Gasteiger partial charge in [-0.05, 0) is 42.9 Å². The zero-order valence-electron chi connectivity index (χ0n) is 11.3. The molecule has 0 spiro atoms. The lowest BCUT2D eigenvalue weighted by molar-refractivity contribution is 0.628. The van der Waals surface area contributed by atoms with Crippen LogP contribution in [0.4, 0.5) is 4.39 Å². The number of imidazole rings is 1. The number of rotatable bonds is 4. The van der Waals surface area contributed by atoms with Gasteiger partial charge in [-0.25, -0.2) is 9.37 Å². The van der Waals surface area contributed by atoms with Crippen LogP contribution in [0.15, 0.2) is 48.7 Å². The van der Waals surface area contributed by atoms with Crippen molar-refractivity contribution in [2.75, 3.05) is 6.54 Å². The number of benzene rings is 1. The van der Waals surface area contributed by atoms with E-state index in [2.05, 4.69) is 12.2 Å². The maximum absolute atomic E-state index is 13.1. The minimum atomic E-state index is -0.234. The smallest absolute Gasteiger partial charge is 0.144 e. The first-order valence-electron chi connectivity index (χ1n) is 6.72. The maximum Gasteiger partial charge on any atom is 0.144 e. The van der Waals surface area contributed by atoms with Crippen LogP contribution in [0.3, 0.4) is 0 Å². The van der Waals surface area contributed by atoms with Crippen LogP contribution in [0, 0.1) is 5.82 Å². The highest BCUT2D eigenvalue weighted by atomic mass is 19.1. The van der Waals surface area contributed by atoms with E-state index in [0.717, 1.165) is 35.7 Å². The quantitative estimate of drug-likeness (QED) is 0.787. The molecule has 0 saturated carbocycles. The Balaban J connectivity index is 2.13. The minimum Gasteiger partial charge on any atom is -0.311 e. The Bertz CT molecular complexity index is 716. The van der Waals surface area contributed by atoms with Gasteiger partial charge in [0.1, 0.15) is 11.6 Å². The van der Waals surface area contributed by atoms with Crippen molar-refractivity contribution in [3.63, 3.8) is 0 Å². The fourth-order valence-corrected chi connectivity index (χ4v) is 2.28. The van der Waals surface area contributed by atoms with Gasteiger partial charge in [-0.15, -0.1) is 0 Å². The molecule has 3 aromatic rings. The molecule has 0 radical (unpaired) electrons. The standard InChI is InChI=1S/C16H16FN3/c1-2-18-11-14-15-5-3-4-10-20(15)16(19-14)12-6-8-13(17)9-7-12/h3-10,18H,2,11H2,1H3. The van der Waals surface area contributed by atoms with Crippen molar-refractivity contribution in [2.45, 2.75) is 13.5 Å². The Hall–Kier alpha value is -2.20. The van der Waals surface area contributed by atoms with Crippen molar-refractivity contribution in [3.05, 3.63) is 60.2 Å². The summed E-state index contributed by atoms with van der Waals surface area (Å²) in [5, 5.41) is 3.29. The van der Waals surface area contributed by atoms with E-state index in [1.54, 1.807) is 12.1 Å². The Labute approximate surface area is 117 Å². The summed E-state index contributed by atoms with van der Waals surface area (Å²) in [6, 6.07) is 12.5. The molecule has 0 saturated heterocycles. The van der Waals surface area contributed by atoms with E-state index in [9.17, 15) is 4.39 Å². The number of fused-ring (bicyclic) bond motifs is 1. The monoisotopic (exact) mass is 269 g/mol. The molecule has 3 rings (SSSR count). The number of nitrogens with zero attached hydrogens (tertiary/aromatic N) is 2. The fraction of sp³-hybridized carbons (Fsp3) is 0.188. The molecular formula is C16H16FN3. The summed E-state index contributed by atoms with van der Waals surface area (Å²) in [6.45, 7) is 3.70. The summed E-state index contributed by atoms with van der Waals surface area (Å²) >= 11 is 0. The molecule has 0 aliphatic rings. The molecule has 1 N–H and O–H groups in total. The first-order valence-corrected chi connectivity index (χ1v) is 6.72. The van der Waals surface area contributed by atoms with Crippen molar-refractivity contribution in [3.8, 4) is 11.4 Å². The van der Waals surface area contributed by atoms with Gasteiger partial charge >= 0.3 is 0 Å². The third kappa shape index (κ3) is 2.30. The zero-order chi connectivity index (χ0) is 13.9. The molecule has 3 nitrogen and oxygen atoms in total. The minimum absolute atomic E-state index is 0.234. The molecule has 0 amide bonds. The van der Waals surface area contributed by atoms with Crippen LogP contribution in [0.5, 0.6) is 0 Å². The van der Waals surface area contributed by atoms with Crippen molar-refractivity contribution in [2.24, 2.45) is 0 Å². The van der Waals surface area contributed by atoms with Crippen LogP contribution < -0.4 is 5.32 Å². The summed E-state index contributed by atoms with van der Waals surface area (Å²) in [4.78, 5) is 4.70. The summed E-state index contributed by atoms with van der Waals surface area (Å²) in [5.74, 6) is 0.607. The molecule has 102 valence electrons. The second-order valence-electron chi connectivity index (χ2n) is 4.63. The van der Waals surface area contributed by atoms with Crippen molar-refractivity contribution >= 4 is 5.52 Å². The maximum atomic E-state index is 13.1. The predicted octanol–water partition coefficient (Wildman–Crippen LogP) is 3.25. The van der Waals surface area contributed by atoms with Crippen molar-refractivity contribution in [1.29, 1.82) is 0 Å². The molecule has 2 aromatic heterocycles. The van der Waals surface area contributed by atoms with E-state index in [0.29, 0.717) is 0 Å². The number of hydrogen-bond donors (Lipinski definition) is 1. The van der Waals surface area contributed by atoms with Gasteiger partial charge in [0.15, 0.2) is 0 Å². The van der Waals surface area contributed by atoms with E-state index >= 15 is 0 Å². The van der Waals surface area contributed by atoms with Gasteiger partial charge in [-0.1, -0.05) is 13.0 Å². The lowest BCUT2D eigenvalue weighted by atomic mass is 10.2. The Morgan fingerprint density at radius 2 is 1.95 bits per heavy atom. The van der Waals surface area contributed by atoms with Gasteiger partial charge in [0.05, 0.1) is 11.2 Å². The van der Waals surface area contributed by atoms with E-state index in [-0.39, 0.29) is 5.82 Å². The van der Waals surface area contributed by atoms with Crippen molar-refractivity contribution < 1.29 is 4.39 Å². The third-order valence-electron chi connectivity index (χ3n) is 3.27. The number of halogens is 1. The lowest BCUT2D eigenvalue weighted by Gasteiger charge is -2.00. The van der Waals surface area contributed by atoms with Crippen LogP contribution >= 0.6 is 0 Å². The molecule has 20 heavy (non-hydrogen) atoms. The molecule has 0 unspecified atom stereocenters. The van der Waals surface area contributed by atoms with Crippen molar-refractivity contribution in [1.82, 2.24) is 14.7 Å². The topological polar surface area (TPSA) is 29.3 Å². The first-order chi connectivity index (χ1) is 9.79. The number of hydrogen-bond acceptors (Lipinski definition) is 2. The van der Waals surface area contributed by atoms with Gasteiger partial charge in [0.2, 0.25) is 0 Å². The second-order valence-corrected chi connectivity index (χ2v) is 4.63. The van der Waals surface area contributed by atoms with Gasteiger partial charge < -0.3 is 5.32 Å². The Morgan fingerprint density at radius 3 is 2.70 bits per heavy atom. The van der Waals surface area contributed by atoms with E-state index in [1.165, 1.54) is 12.1 Å². The average molecular weight is 269 g/mol. The largest absolute Gasteiger partial charge is 0.311 e. The Morgan fingerprint density at radius 1 is 1.15 bits per heavy atom. The molecule has 2 heterocycles. The van der Waals surface area contributed by atoms with Gasteiger partial charge in [0.25, 0.3) is 0 Å². The van der Waals surface area contributed by atoms with Crippen LogP contribution in [-0.2, 0) is 6.54 Å². The summed E-state index contributed by atoms with van der Waals surface area (Å²) in [5.41, 5.74) is 3.00. The summed E-state index contributed by atoms with van der Waals surface area (Å²) in [6.07, 6.45) is 1.98. The summed E-state index contributed by atoms with van der Waals surface area (Å²) < 4.78 is 15.1. The van der Waals surface area contributed by atoms with Crippen LogP contribution in [0.1, 0.15) is 12.6 Å². The van der Waals surface area contributed by atoms with Gasteiger partial charge in [0, 0.05) is 18.3 Å². The number of pyridine rings is 1. The zero-order valence-corrected chi connectivity index (χ0v) is 11.3.